The molecule has 0 heterocycles. The molecule has 0 N–H and O–H groups in total. The fourth-order valence-electron chi connectivity index (χ4n) is 0.278. The SMILES string of the molecule is CC=C(C)C=NC. The lowest BCUT2D eigenvalue weighted by atomic mass is 10.3. The molecule has 40 valence electrons. The van der Waals surface area contributed by atoms with Gasteiger partial charge in [0.2, 0.25) is 0 Å². The largest absolute Gasteiger partial charge is 0.296 e. The highest BCUT2D eigenvalue weighted by atomic mass is 14.6. The minimum Gasteiger partial charge on any atom is -0.296 e. The second-order valence-electron chi connectivity index (χ2n) is 1.42. The zero-order valence-electron chi connectivity index (χ0n) is 5.10. The van der Waals surface area contributed by atoms with Gasteiger partial charge in [0.1, 0.15) is 0 Å². The summed E-state index contributed by atoms with van der Waals surface area (Å²) in [5.74, 6) is 0. The average Bonchev–Trinajstić information content (AvgIpc) is 1.68. The van der Waals surface area contributed by atoms with Crippen LogP contribution in [0.25, 0.3) is 0 Å². The predicted octanol–water partition coefficient (Wildman–Crippen LogP) is 1.65. The zero-order chi connectivity index (χ0) is 5.70. The summed E-state index contributed by atoms with van der Waals surface area (Å²) in [5, 5.41) is 0. The van der Waals surface area contributed by atoms with Crippen LogP contribution in [0.2, 0.25) is 0 Å². The quantitative estimate of drug-likeness (QED) is 0.441. The van der Waals surface area contributed by atoms with Crippen LogP contribution in [0.1, 0.15) is 13.8 Å². The van der Waals surface area contributed by atoms with E-state index >= 15 is 0 Å². The molecule has 0 aromatic carbocycles. The van der Waals surface area contributed by atoms with E-state index in [9.17, 15) is 0 Å². The Balaban J connectivity index is 3.58. The molecule has 0 spiro atoms. The molecule has 0 saturated heterocycles. The Hall–Kier alpha value is -0.590. The molecule has 0 fully saturated rings. The highest BCUT2D eigenvalue weighted by Gasteiger charge is 1.71. The molecule has 1 heteroatoms. The highest BCUT2D eigenvalue weighted by Crippen LogP contribution is 1.82. The minimum atomic E-state index is 1.21. The molecule has 0 saturated carbocycles. The van der Waals surface area contributed by atoms with Gasteiger partial charge in [-0.3, -0.25) is 4.99 Å². The van der Waals surface area contributed by atoms with E-state index in [0.717, 1.165) is 0 Å². The second kappa shape index (κ2) is 3.59. The van der Waals surface area contributed by atoms with E-state index in [2.05, 4.69) is 4.99 Å². The summed E-state index contributed by atoms with van der Waals surface area (Å²) in [4.78, 5) is 3.81. The summed E-state index contributed by atoms with van der Waals surface area (Å²) in [6.07, 6.45) is 3.85. The van der Waals surface area contributed by atoms with Crippen molar-refractivity contribution in [1.29, 1.82) is 0 Å². The summed E-state index contributed by atoms with van der Waals surface area (Å²) in [5.41, 5.74) is 1.21. The number of allylic oxidation sites excluding steroid dienone is 2. The van der Waals surface area contributed by atoms with Gasteiger partial charge in [-0.1, -0.05) is 6.08 Å². The van der Waals surface area contributed by atoms with E-state index in [0.29, 0.717) is 0 Å². The van der Waals surface area contributed by atoms with Gasteiger partial charge in [0.25, 0.3) is 0 Å². The summed E-state index contributed by atoms with van der Waals surface area (Å²) >= 11 is 0. The topological polar surface area (TPSA) is 12.4 Å². The summed E-state index contributed by atoms with van der Waals surface area (Å²) < 4.78 is 0. The van der Waals surface area contributed by atoms with Crippen molar-refractivity contribution in [1.82, 2.24) is 0 Å². The van der Waals surface area contributed by atoms with Crippen molar-refractivity contribution in [2.24, 2.45) is 4.99 Å². The fourth-order valence-corrected chi connectivity index (χ4v) is 0.278. The van der Waals surface area contributed by atoms with Crippen molar-refractivity contribution < 1.29 is 0 Å². The third kappa shape index (κ3) is 3.23. The molecule has 0 radical (unpaired) electrons. The third-order valence-electron chi connectivity index (χ3n) is 0.788. The number of hydrogen-bond acceptors (Lipinski definition) is 1. The molecule has 0 rings (SSSR count). The van der Waals surface area contributed by atoms with E-state index in [1.165, 1.54) is 5.57 Å². The van der Waals surface area contributed by atoms with E-state index in [1.807, 2.05) is 26.1 Å². The van der Waals surface area contributed by atoms with Gasteiger partial charge in [-0.25, -0.2) is 0 Å². The van der Waals surface area contributed by atoms with Crippen molar-refractivity contribution in [3.05, 3.63) is 11.6 Å². The number of rotatable bonds is 1. The van der Waals surface area contributed by atoms with Gasteiger partial charge in [0.15, 0.2) is 0 Å². The molecule has 1 nitrogen and oxygen atoms in total. The van der Waals surface area contributed by atoms with Crippen molar-refractivity contribution in [2.45, 2.75) is 13.8 Å². The molecule has 0 aliphatic rings. The maximum atomic E-state index is 3.81. The van der Waals surface area contributed by atoms with E-state index < -0.39 is 0 Å². The van der Waals surface area contributed by atoms with E-state index in [1.54, 1.807) is 7.05 Å². The molecule has 7 heavy (non-hydrogen) atoms. The Morgan fingerprint density at radius 1 is 1.57 bits per heavy atom. The lowest BCUT2D eigenvalue weighted by Gasteiger charge is -1.80. The van der Waals surface area contributed by atoms with Gasteiger partial charge in [0.05, 0.1) is 0 Å². The molecule has 0 unspecified atom stereocenters. The van der Waals surface area contributed by atoms with Crippen molar-refractivity contribution in [3.63, 3.8) is 0 Å². The van der Waals surface area contributed by atoms with Gasteiger partial charge < -0.3 is 0 Å². The van der Waals surface area contributed by atoms with Gasteiger partial charge in [0, 0.05) is 13.3 Å². The maximum absolute atomic E-state index is 3.81. The Kier molecular flexibility index (Phi) is 3.29. The Morgan fingerprint density at radius 2 is 2.14 bits per heavy atom. The lowest BCUT2D eigenvalue weighted by Crippen LogP contribution is -1.72. The van der Waals surface area contributed by atoms with Gasteiger partial charge in [-0.15, -0.1) is 0 Å². The van der Waals surface area contributed by atoms with Gasteiger partial charge in [-0.2, -0.15) is 0 Å². The Morgan fingerprint density at radius 3 is 2.29 bits per heavy atom. The molecule has 0 amide bonds. The van der Waals surface area contributed by atoms with Crippen LogP contribution in [0.4, 0.5) is 0 Å². The van der Waals surface area contributed by atoms with Crippen LogP contribution in [0.5, 0.6) is 0 Å². The second-order valence-corrected chi connectivity index (χ2v) is 1.42. The number of nitrogens with zero attached hydrogens (tertiary/aromatic N) is 1. The number of aliphatic imine (C=N–C) groups is 1. The molecule has 0 atom stereocenters. The van der Waals surface area contributed by atoms with Crippen LogP contribution in [-0.2, 0) is 0 Å². The van der Waals surface area contributed by atoms with Crippen LogP contribution >= 0.6 is 0 Å². The summed E-state index contributed by atoms with van der Waals surface area (Å²) in [6.45, 7) is 4.02. The normalized spacial score (nSPS) is 13.3. The molecule has 0 aromatic heterocycles. The molecular formula is C6H11N. The first-order chi connectivity index (χ1) is 3.31. The van der Waals surface area contributed by atoms with Gasteiger partial charge >= 0.3 is 0 Å². The monoisotopic (exact) mass is 97.1 g/mol. The van der Waals surface area contributed by atoms with Crippen molar-refractivity contribution >= 4 is 6.21 Å². The van der Waals surface area contributed by atoms with Crippen molar-refractivity contribution in [2.75, 3.05) is 7.05 Å². The minimum absolute atomic E-state index is 1.21. The Bertz CT molecular complexity index is 90.4. The molecule has 0 aromatic rings. The molecular weight excluding hydrogens is 86.1 g/mol. The lowest BCUT2D eigenvalue weighted by molar-refractivity contribution is 1.44. The van der Waals surface area contributed by atoms with Crippen molar-refractivity contribution in [3.8, 4) is 0 Å². The molecule has 0 aliphatic carbocycles. The maximum Gasteiger partial charge on any atom is 0.0277 e. The smallest absolute Gasteiger partial charge is 0.0277 e. The Labute approximate surface area is 44.8 Å². The standard InChI is InChI=1S/C6H11N/c1-4-6(2)5-7-3/h4-5H,1-3H3. The van der Waals surface area contributed by atoms with Crippen LogP contribution in [0, 0.1) is 0 Å². The van der Waals surface area contributed by atoms with Crippen LogP contribution < -0.4 is 0 Å². The number of hydrogen-bond donors (Lipinski definition) is 0. The first kappa shape index (κ1) is 6.41. The van der Waals surface area contributed by atoms with E-state index in [-0.39, 0.29) is 0 Å². The average molecular weight is 97.2 g/mol. The zero-order valence-corrected chi connectivity index (χ0v) is 5.10. The molecule has 0 aliphatic heterocycles. The summed E-state index contributed by atoms with van der Waals surface area (Å²) in [7, 11) is 1.77. The van der Waals surface area contributed by atoms with Crippen LogP contribution in [0.15, 0.2) is 16.6 Å². The third-order valence-corrected chi connectivity index (χ3v) is 0.788. The van der Waals surface area contributed by atoms with Crippen LogP contribution in [0.3, 0.4) is 0 Å². The first-order valence-corrected chi connectivity index (χ1v) is 2.36. The predicted molar refractivity (Wildman–Crippen MR) is 33.8 cm³/mol. The summed E-state index contributed by atoms with van der Waals surface area (Å²) in [6, 6.07) is 0. The van der Waals surface area contributed by atoms with Gasteiger partial charge in [-0.05, 0) is 19.4 Å². The first-order valence-electron chi connectivity index (χ1n) is 2.36. The molecule has 0 bridgehead atoms. The van der Waals surface area contributed by atoms with E-state index in [4.69, 9.17) is 0 Å². The highest BCUT2D eigenvalue weighted by molar-refractivity contribution is 5.77. The van der Waals surface area contributed by atoms with Crippen LogP contribution in [-0.4, -0.2) is 13.3 Å². The fraction of sp³-hybridized carbons (Fsp3) is 0.500.